The molecule has 30 heavy (non-hydrogen) atoms. The first-order valence-electron chi connectivity index (χ1n) is 9.13. The van der Waals surface area contributed by atoms with Crippen LogP contribution in [-0.4, -0.2) is 20.4 Å². The van der Waals surface area contributed by atoms with Gasteiger partial charge in [-0.15, -0.1) is 0 Å². The highest BCUT2D eigenvalue weighted by Crippen LogP contribution is 2.20. The zero-order chi connectivity index (χ0) is 21.7. The molecule has 5 nitrogen and oxygen atoms in total. The summed E-state index contributed by atoms with van der Waals surface area (Å²) < 4.78 is 41.1. The molecule has 0 spiro atoms. The molecule has 0 heterocycles. The highest BCUT2D eigenvalue weighted by Gasteiger charge is 2.26. The first kappa shape index (κ1) is 22.0. The smallest absolute Gasteiger partial charge is 0.242 e. The van der Waals surface area contributed by atoms with Crippen LogP contribution in [0.4, 0.5) is 10.1 Å². The van der Waals surface area contributed by atoms with Crippen molar-refractivity contribution in [1.82, 2.24) is 4.72 Å². The highest BCUT2D eigenvalue weighted by atomic mass is 35.5. The third kappa shape index (κ3) is 5.66. The number of carbonyl (C=O) groups excluding carboxylic acids is 1. The molecular weight excluding hydrogens is 427 g/mol. The van der Waals surface area contributed by atoms with E-state index in [0.717, 1.165) is 35.4 Å². The van der Waals surface area contributed by atoms with Crippen LogP contribution in [0.5, 0.6) is 0 Å². The first-order chi connectivity index (χ1) is 14.2. The lowest BCUT2D eigenvalue weighted by Gasteiger charge is -2.19. The summed E-state index contributed by atoms with van der Waals surface area (Å²) in [5, 5.41) is 3.19. The third-order valence-corrected chi connectivity index (χ3v) is 6.35. The molecule has 1 amide bonds. The molecule has 3 aromatic carbocycles. The fraction of sp³-hybridized carbons (Fsp3) is 0.136. The second-order valence-electron chi connectivity index (χ2n) is 6.77. The van der Waals surface area contributed by atoms with E-state index in [-0.39, 0.29) is 11.3 Å². The van der Waals surface area contributed by atoms with Crippen LogP contribution in [-0.2, 0) is 21.2 Å². The van der Waals surface area contributed by atoms with Gasteiger partial charge in [0.1, 0.15) is 11.9 Å². The zero-order valence-corrected chi connectivity index (χ0v) is 17.7. The number of hydrogen-bond acceptors (Lipinski definition) is 3. The normalized spacial score (nSPS) is 12.4. The molecule has 0 aliphatic carbocycles. The second kappa shape index (κ2) is 9.38. The van der Waals surface area contributed by atoms with E-state index in [1.807, 2.05) is 13.0 Å². The van der Waals surface area contributed by atoms with Crippen molar-refractivity contribution in [3.8, 4) is 0 Å². The largest absolute Gasteiger partial charge is 0.325 e. The maximum absolute atomic E-state index is 13.2. The number of aryl methyl sites for hydroxylation is 1. The molecule has 0 saturated carbocycles. The van der Waals surface area contributed by atoms with Crippen molar-refractivity contribution >= 4 is 33.2 Å². The van der Waals surface area contributed by atoms with Crippen molar-refractivity contribution in [3.63, 3.8) is 0 Å². The Balaban J connectivity index is 1.86. The van der Waals surface area contributed by atoms with Crippen LogP contribution in [0.25, 0.3) is 0 Å². The van der Waals surface area contributed by atoms with E-state index in [4.69, 9.17) is 11.6 Å². The first-order valence-corrected chi connectivity index (χ1v) is 11.0. The molecule has 3 rings (SSSR count). The zero-order valence-electron chi connectivity index (χ0n) is 16.1. The molecule has 2 N–H and O–H groups in total. The molecule has 156 valence electrons. The molecule has 3 aromatic rings. The predicted molar refractivity (Wildman–Crippen MR) is 115 cm³/mol. The highest BCUT2D eigenvalue weighted by molar-refractivity contribution is 7.89. The van der Waals surface area contributed by atoms with Gasteiger partial charge in [-0.2, -0.15) is 4.72 Å². The van der Waals surface area contributed by atoms with Crippen LogP contribution >= 0.6 is 11.6 Å². The molecule has 0 aliphatic heterocycles. The average molecular weight is 447 g/mol. The van der Waals surface area contributed by atoms with Crippen molar-refractivity contribution in [2.24, 2.45) is 0 Å². The van der Waals surface area contributed by atoms with Gasteiger partial charge in [-0.3, -0.25) is 4.79 Å². The van der Waals surface area contributed by atoms with Crippen molar-refractivity contribution < 1.29 is 17.6 Å². The van der Waals surface area contributed by atoms with Crippen LogP contribution in [0.3, 0.4) is 0 Å². The Morgan fingerprint density at radius 2 is 1.70 bits per heavy atom. The number of amides is 1. The van der Waals surface area contributed by atoms with Gasteiger partial charge in [0.25, 0.3) is 0 Å². The monoisotopic (exact) mass is 446 g/mol. The summed E-state index contributed by atoms with van der Waals surface area (Å²) in [7, 11) is -4.05. The summed E-state index contributed by atoms with van der Waals surface area (Å²) in [6.07, 6.45) is 0.132. The Hall–Kier alpha value is -2.74. The van der Waals surface area contributed by atoms with Crippen LogP contribution in [0.15, 0.2) is 77.7 Å². The van der Waals surface area contributed by atoms with Gasteiger partial charge in [0.05, 0.1) is 4.90 Å². The number of halogens is 2. The fourth-order valence-electron chi connectivity index (χ4n) is 2.81. The van der Waals surface area contributed by atoms with E-state index in [9.17, 15) is 17.6 Å². The summed E-state index contributed by atoms with van der Waals surface area (Å²) >= 11 is 6.11. The maximum atomic E-state index is 13.2. The van der Waals surface area contributed by atoms with E-state index >= 15 is 0 Å². The number of hydrogen-bond donors (Lipinski definition) is 2. The Kier molecular flexibility index (Phi) is 6.87. The summed E-state index contributed by atoms with van der Waals surface area (Å²) in [5.41, 5.74) is 2.09. The van der Waals surface area contributed by atoms with E-state index < -0.39 is 27.8 Å². The molecule has 0 fully saturated rings. The van der Waals surface area contributed by atoms with E-state index in [1.165, 1.54) is 0 Å². The van der Waals surface area contributed by atoms with Crippen LogP contribution < -0.4 is 10.0 Å². The number of sulfonamides is 1. The number of rotatable bonds is 7. The Morgan fingerprint density at radius 3 is 2.33 bits per heavy atom. The molecule has 0 unspecified atom stereocenters. The summed E-state index contributed by atoms with van der Waals surface area (Å²) in [4.78, 5) is 12.8. The van der Waals surface area contributed by atoms with Gasteiger partial charge in [-0.1, -0.05) is 48.0 Å². The van der Waals surface area contributed by atoms with Crippen LogP contribution in [0.2, 0.25) is 5.02 Å². The van der Waals surface area contributed by atoms with Gasteiger partial charge in [0, 0.05) is 10.7 Å². The van der Waals surface area contributed by atoms with Gasteiger partial charge in [-0.25, -0.2) is 12.8 Å². The van der Waals surface area contributed by atoms with Crippen molar-refractivity contribution in [3.05, 3.63) is 94.8 Å². The average Bonchev–Trinajstić information content (AvgIpc) is 2.71. The molecule has 0 bridgehead atoms. The Bertz CT molecular complexity index is 1140. The molecular formula is C22H20ClFN2O3S. The minimum atomic E-state index is -4.05. The van der Waals surface area contributed by atoms with Crippen LogP contribution in [0, 0.1) is 12.7 Å². The topological polar surface area (TPSA) is 75.3 Å². The quantitative estimate of drug-likeness (QED) is 0.567. The predicted octanol–water partition coefficient (Wildman–Crippen LogP) is 4.32. The molecule has 0 saturated heterocycles. The van der Waals surface area contributed by atoms with Crippen LogP contribution in [0.1, 0.15) is 11.1 Å². The Morgan fingerprint density at radius 1 is 1.03 bits per heavy atom. The summed E-state index contributed by atoms with van der Waals surface area (Å²) in [6, 6.07) is 17.4. The number of benzene rings is 3. The lowest BCUT2D eigenvalue weighted by Crippen LogP contribution is -2.45. The van der Waals surface area contributed by atoms with Crippen molar-refractivity contribution in [2.45, 2.75) is 24.3 Å². The number of nitrogens with one attached hydrogen (secondary N) is 2. The van der Waals surface area contributed by atoms with E-state index in [1.54, 1.807) is 42.5 Å². The minimum Gasteiger partial charge on any atom is -0.325 e. The maximum Gasteiger partial charge on any atom is 0.242 e. The van der Waals surface area contributed by atoms with Gasteiger partial charge < -0.3 is 5.32 Å². The fourth-order valence-corrected chi connectivity index (χ4v) is 4.18. The van der Waals surface area contributed by atoms with Gasteiger partial charge in [-0.05, 0) is 60.9 Å². The van der Waals surface area contributed by atoms with E-state index in [2.05, 4.69) is 10.0 Å². The molecule has 0 radical (unpaired) electrons. The van der Waals surface area contributed by atoms with Gasteiger partial charge in [0.15, 0.2) is 0 Å². The van der Waals surface area contributed by atoms with Gasteiger partial charge in [0.2, 0.25) is 15.9 Å². The van der Waals surface area contributed by atoms with E-state index in [0.29, 0.717) is 10.7 Å². The molecule has 1 atom stereocenters. The standard InChI is InChI=1S/C22H20ClFN2O3S/c1-15-7-10-18(14-20(15)23)25-22(27)21(13-16-5-3-2-4-6-16)26-30(28,29)19-11-8-17(24)9-12-19/h2-12,14,21,26H,13H2,1H3,(H,25,27)/t21-/m0/s1. The number of anilines is 1. The van der Waals surface area contributed by atoms with Crippen molar-refractivity contribution in [1.29, 1.82) is 0 Å². The Labute approximate surface area is 179 Å². The molecule has 0 aromatic heterocycles. The minimum absolute atomic E-state index is 0.131. The molecule has 8 heteroatoms. The second-order valence-corrected chi connectivity index (χ2v) is 8.89. The summed E-state index contributed by atoms with van der Waals surface area (Å²) in [6.45, 7) is 1.84. The lowest BCUT2D eigenvalue weighted by atomic mass is 10.1. The van der Waals surface area contributed by atoms with Gasteiger partial charge >= 0.3 is 0 Å². The third-order valence-electron chi connectivity index (χ3n) is 4.46. The molecule has 0 aliphatic rings. The SMILES string of the molecule is Cc1ccc(NC(=O)[C@H](Cc2ccccc2)NS(=O)(=O)c2ccc(F)cc2)cc1Cl. The summed E-state index contributed by atoms with van der Waals surface area (Å²) in [5.74, 6) is -1.09. The lowest BCUT2D eigenvalue weighted by molar-refractivity contribution is -0.117. The number of carbonyl (C=O) groups is 1. The van der Waals surface area contributed by atoms with Crippen molar-refractivity contribution in [2.75, 3.05) is 5.32 Å².